The average Bonchev–Trinajstić information content (AvgIpc) is 3.31. The number of carbonyl (C=O) groups is 1. The molecule has 2 atom stereocenters. The van der Waals surface area contributed by atoms with Gasteiger partial charge in [0, 0.05) is 28.3 Å². The molecule has 2 unspecified atom stereocenters. The monoisotopic (exact) mass is 446 g/mol. The maximum absolute atomic E-state index is 14.7. The number of thiophene rings is 1. The first-order valence-electron chi connectivity index (χ1n) is 9.42. The van der Waals surface area contributed by atoms with Gasteiger partial charge in [0.05, 0.1) is 31.8 Å². The minimum Gasteiger partial charge on any atom is -0.497 e. The van der Waals surface area contributed by atoms with Crippen molar-refractivity contribution < 1.29 is 23.1 Å². The quantitative estimate of drug-likeness (QED) is 0.517. The van der Waals surface area contributed by atoms with Gasteiger partial charge in [0.15, 0.2) is 0 Å². The summed E-state index contributed by atoms with van der Waals surface area (Å²) < 4.78 is 35.3. The molecule has 0 bridgehead atoms. The Balaban J connectivity index is 1.57. The van der Waals surface area contributed by atoms with E-state index in [1.807, 2.05) is 30.3 Å². The van der Waals surface area contributed by atoms with Gasteiger partial charge in [-0.15, -0.1) is 11.3 Å². The summed E-state index contributed by atoms with van der Waals surface area (Å²) in [5.41, 5.74) is 2.41. The number of amides is 2. The molecule has 0 saturated heterocycles. The van der Waals surface area contributed by atoms with Gasteiger partial charge in [-0.2, -0.15) is 0 Å². The third-order valence-electron chi connectivity index (χ3n) is 4.97. The van der Waals surface area contributed by atoms with E-state index in [9.17, 15) is 13.6 Å². The van der Waals surface area contributed by atoms with Crippen molar-refractivity contribution in [3.63, 3.8) is 0 Å². The molecule has 0 aliphatic carbocycles. The fraction of sp³-hybridized carbons (Fsp3) is 0.238. The average molecular weight is 446 g/mol. The van der Waals surface area contributed by atoms with Crippen LogP contribution in [0, 0.1) is 11.6 Å². The van der Waals surface area contributed by atoms with Gasteiger partial charge in [-0.05, 0) is 17.5 Å². The van der Waals surface area contributed by atoms with Crippen LogP contribution in [0.15, 0.2) is 47.5 Å². The number of amidine groups is 1. The van der Waals surface area contributed by atoms with Gasteiger partial charge >= 0.3 is 6.03 Å². The number of halogens is 2. The van der Waals surface area contributed by atoms with Gasteiger partial charge in [-0.25, -0.2) is 13.6 Å². The van der Waals surface area contributed by atoms with Gasteiger partial charge in [0.2, 0.25) is 0 Å². The van der Waals surface area contributed by atoms with Crippen molar-refractivity contribution in [1.82, 2.24) is 10.8 Å². The summed E-state index contributed by atoms with van der Waals surface area (Å²) in [5.74, 6) is -1.97. The molecule has 0 saturated carbocycles. The molecular formula is C21H20F2N4O3S. The zero-order chi connectivity index (χ0) is 22.0. The van der Waals surface area contributed by atoms with Gasteiger partial charge < -0.3 is 10.1 Å². The van der Waals surface area contributed by atoms with Crippen LogP contribution in [0.3, 0.4) is 0 Å². The minimum atomic E-state index is -0.827. The number of hydroxylamine groups is 1. The van der Waals surface area contributed by atoms with Crippen LogP contribution < -0.4 is 20.9 Å². The molecule has 7 nitrogen and oxygen atoms in total. The highest BCUT2D eigenvalue weighted by Gasteiger charge is 2.38. The van der Waals surface area contributed by atoms with Crippen LogP contribution in [0.5, 0.6) is 5.75 Å². The molecule has 162 valence electrons. The van der Waals surface area contributed by atoms with Crippen LogP contribution >= 0.6 is 11.3 Å². The van der Waals surface area contributed by atoms with Crippen LogP contribution in [-0.4, -0.2) is 38.7 Å². The van der Waals surface area contributed by atoms with Gasteiger partial charge in [0.1, 0.15) is 23.2 Å². The summed E-state index contributed by atoms with van der Waals surface area (Å²) in [5, 5.41) is 7.19. The lowest BCUT2D eigenvalue weighted by Crippen LogP contribution is -2.49. The SMILES string of the molecule is CONC1=NCC(c2c(F)cc(OC)cc2F)C1NC(=O)Nc1cc2ccccc2s1. The number of aliphatic imine (C=N–C) groups is 1. The van der Waals surface area contributed by atoms with Crippen LogP contribution in [0.2, 0.25) is 0 Å². The van der Waals surface area contributed by atoms with Crippen LogP contribution in [0.4, 0.5) is 18.6 Å². The van der Waals surface area contributed by atoms with Crippen molar-refractivity contribution in [3.8, 4) is 5.75 Å². The number of benzene rings is 2. The van der Waals surface area contributed by atoms with E-state index in [0.29, 0.717) is 5.00 Å². The molecular weight excluding hydrogens is 426 g/mol. The second-order valence-corrected chi connectivity index (χ2v) is 7.95. The van der Waals surface area contributed by atoms with Gasteiger partial charge in [-0.3, -0.25) is 20.6 Å². The van der Waals surface area contributed by atoms with E-state index in [4.69, 9.17) is 9.57 Å². The summed E-state index contributed by atoms with van der Waals surface area (Å²) in [6.45, 7) is 0.0691. The van der Waals surface area contributed by atoms with Gasteiger partial charge in [-0.1, -0.05) is 18.2 Å². The molecule has 1 aliphatic heterocycles. The Morgan fingerprint density at radius 2 is 1.90 bits per heavy atom. The molecule has 31 heavy (non-hydrogen) atoms. The number of anilines is 1. The Bertz CT molecular complexity index is 1090. The number of hydrogen-bond acceptors (Lipinski definition) is 6. The molecule has 0 radical (unpaired) electrons. The number of ether oxygens (including phenoxy) is 1. The Hall–Kier alpha value is -3.24. The molecule has 0 spiro atoms. The summed E-state index contributed by atoms with van der Waals surface area (Å²) in [4.78, 5) is 21.9. The van der Waals surface area contributed by atoms with E-state index < -0.39 is 29.6 Å². The lowest BCUT2D eigenvalue weighted by atomic mass is 9.92. The Kier molecular flexibility index (Phi) is 6.01. The lowest BCUT2D eigenvalue weighted by molar-refractivity contribution is 0.141. The highest BCUT2D eigenvalue weighted by molar-refractivity contribution is 7.22. The van der Waals surface area contributed by atoms with Crippen molar-refractivity contribution in [2.24, 2.45) is 4.99 Å². The third-order valence-corrected chi connectivity index (χ3v) is 6.00. The van der Waals surface area contributed by atoms with E-state index in [1.54, 1.807) is 0 Å². The van der Waals surface area contributed by atoms with Crippen LogP contribution in [0.25, 0.3) is 10.1 Å². The zero-order valence-electron chi connectivity index (χ0n) is 16.7. The fourth-order valence-electron chi connectivity index (χ4n) is 3.58. The molecule has 2 heterocycles. The number of fused-ring (bicyclic) bond motifs is 1. The Morgan fingerprint density at radius 3 is 2.58 bits per heavy atom. The fourth-order valence-corrected chi connectivity index (χ4v) is 4.54. The maximum Gasteiger partial charge on any atom is 0.320 e. The van der Waals surface area contributed by atoms with Crippen molar-refractivity contribution in [2.75, 3.05) is 26.1 Å². The van der Waals surface area contributed by atoms with E-state index in [-0.39, 0.29) is 23.7 Å². The number of carbonyl (C=O) groups excluding carboxylic acids is 1. The number of rotatable bonds is 5. The van der Waals surface area contributed by atoms with E-state index in [0.717, 1.165) is 22.2 Å². The standard InChI is InChI=1S/C21H20F2N4O3S/c1-29-12-8-14(22)18(15(23)9-12)13-10-24-20(27-30-2)19(13)26-21(28)25-17-7-11-5-3-4-6-16(11)31-17/h3-9,13,19H,10H2,1-2H3,(H,24,27)(H2,25,26,28). The Morgan fingerprint density at radius 1 is 1.16 bits per heavy atom. The van der Waals surface area contributed by atoms with Crippen LogP contribution in [0.1, 0.15) is 11.5 Å². The number of urea groups is 1. The molecule has 3 N–H and O–H groups in total. The molecule has 2 amide bonds. The normalized spacial score (nSPS) is 18.0. The van der Waals surface area contributed by atoms with Crippen molar-refractivity contribution in [1.29, 1.82) is 0 Å². The highest BCUT2D eigenvalue weighted by Crippen LogP contribution is 2.33. The summed E-state index contributed by atoms with van der Waals surface area (Å²) >= 11 is 1.42. The number of hydrogen-bond donors (Lipinski definition) is 3. The lowest BCUT2D eigenvalue weighted by Gasteiger charge is -2.23. The third kappa shape index (κ3) is 4.30. The predicted octanol–water partition coefficient (Wildman–Crippen LogP) is 4.03. The van der Waals surface area contributed by atoms with Crippen molar-refractivity contribution in [3.05, 3.63) is 59.7 Å². The van der Waals surface area contributed by atoms with Crippen molar-refractivity contribution in [2.45, 2.75) is 12.0 Å². The Labute approximate surface area is 181 Å². The largest absolute Gasteiger partial charge is 0.497 e. The predicted molar refractivity (Wildman–Crippen MR) is 116 cm³/mol. The van der Waals surface area contributed by atoms with Crippen LogP contribution in [-0.2, 0) is 4.84 Å². The second-order valence-electron chi connectivity index (χ2n) is 6.87. The molecule has 1 aliphatic rings. The number of nitrogens with one attached hydrogen (secondary N) is 3. The van der Waals surface area contributed by atoms with E-state index >= 15 is 0 Å². The van der Waals surface area contributed by atoms with E-state index in [2.05, 4.69) is 21.1 Å². The minimum absolute atomic E-state index is 0.0691. The number of methoxy groups -OCH3 is 1. The summed E-state index contributed by atoms with van der Waals surface area (Å²) in [6, 6.07) is 10.5. The maximum atomic E-state index is 14.7. The number of nitrogens with zero attached hydrogens (tertiary/aromatic N) is 1. The first-order valence-corrected chi connectivity index (χ1v) is 10.2. The first kappa shape index (κ1) is 21.0. The molecule has 10 heteroatoms. The molecule has 0 fully saturated rings. The zero-order valence-corrected chi connectivity index (χ0v) is 17.6. The summed E-state index contributed by atoms with van der Waals surface area (Å²) in [6.07, 6.45) is 0. The topological polar surface area (TPSA) is 84.0 Å². The van der Waals surface area contributed by atoms with E-state index in [1.165, 1.54) is 25.6 Å². The molecule has 1 aromatic heterocycles. The second kappa shape index (κ2) is 8.86. The molecule has 4 rings (SSSR count). The molecule has 3 aromatic rings. The highest BCUT2D eigenvalue weighted by atomic mass is 32.1. The van der Waals surface area contributed by atoms with Crippen molar-refractivity contribution >= 4 is 38.3 Å². The smallest absolute Gasteiger partial charge is 0.320 e. The van der Waals surface area contributed by atoms with Gasteiger partial charge in [0.25, 0.3) is 0 Å². The first-order chi connectivity index (χ1) is 15.0. The molecule has 2 aromatic carbocycles. The summed E-state index contributed by atoms with van der Waals surface area (Å²) in [7, 11) is 2.72.